The molecule has 0 aliphatic carbocycles. The molecule has 3 aromatic rings. The second-order valence-electron chi connectivity index (χ2n) is 7.36. The summed E-state index contributed by atoms with van der Waals surface area (Å²) in [5, 5.41) is 9.14. The van der Waals surface area contributed by atoms with Gasteiger partial charge < -0.3 is 5.11 Å². The zero-order chi connectivity index (χ0) is 20.1. The van der Waals surface area contributed by atoms with E-state index in [2.05, 4.69) is 75.4 Å². The first-order valence-electron chi connectivity index (χ1n) is 9.96. The first kappa shape index (κ1) is 19.3. The van der Waals surface area contributed by atoms with Crippen LogP contribution in [0.5, 0.6) is 0 Å². The third-order valence-electron chi connectivity index (χ3n) is 5.41. The minimum absolute atomic E-state index is 0.106. The van der Waals surface area contributed by atoms with Crippen molar-refractivity contribution in [1.82, 2.24) is 14.8 Å². The summed E-state index contributed by atoms with van der Waals surface area (Å²) in [5.74, 6) is -0.981. The number of carboxylic acids is 1. The number of nitrogens with zero attached hydrogens (tertiary/aromatic N) is 3. The largest absolute Gasteiger partial charge is 0.477 e. The lowest BCUT2D eigenvalue weighted by Crippen LogP contribution is -2.47. The van der Waals surface area contributed by atoms with Crippen LogP contribution in [0.25, 0.3) is 0 Å². The van der Waals surface area contributed by atoms with Gasteiger partial charge in [-0.05, 0) is 23.3 Å². The maximum Gasteiger partial charge on any atom is 0.354 e. The highest BCUT2D eigenvalue weighted by Crippen LogP contribution is 2.29. The third-order valence-corrected chi connectivity index (χ3v) is 5.41. The predicted molar refractivity (Wildman–Crippen MR) is 113 cm³/mol. The molecule has 0 spiro atoms. The van der Waals surface area contributed by atoms with E-state index in [0.717, 1.165) is 31.9 Å². The van der Waals surface area contributed by atoms with Crippen LogP contribution in [0.3, 0.4) is 0 Å². The lowest BCUT2D eigenvalue weighted by atomic mass is 9.96. The molecule has 4 rings (SSSR count). The van der Waals surface area contributed by atoms with Gasteiger partial charge in [0.1, 0.15) is 5.69 Å². The van der Waals surface area contributed by atoms with Crippen LogP contribution >= 0.6 is 0 Å². The summed E-state index contributed by atoms with van der Waals surface area (Å²) < 4.78 is 0. The Morgan fingerprint density at radius 3 is 1.97 bits per heavy atom. The lowest BCUT2D eigenvalue weighted by molar-refractivity contribution is 0.0689. The van der Waals surface area contributed by atoms with Gasteiger partial charge in [0.25, 0.3) is 0 Å². The highest BCUT2D eigenvalue weighted by Gasteiger charge is 2.26. The van der Waals surface area contributed by atoms with Gasteiger partial charge in [0.2, 0.25) is 0 Å². The molecule has 2 heterocycles. The molecule has 148 valence electrons. The zero-order valence-corrected chi connectivity index (χ0v) is 16.3. The molecule has 2 aromatic carbocycles. The summed E-state index contributed by atoms with van der Waals surface area (Å²) in [5.41, 5.74) is 3.53. The summed E-state index contributed by atoms with van der Waals surface area (Å²) in [4.78, 5) is 20.3. The number of carboxylic acid groups (broad SMARTS) is 1. The van der Waals surface area contributed by atoms with E-state index in [-0.39, 0.29) is 11.7 Å². The normalized spacial score (nSPS) is 15.5. The van der Waals surface area contributed by atoms with Crippen LogP contribution in [0.1, 0.15) is 33.4 Å². The molecule has 5 nitrogen and oxygen atoms in total. The van der Waals surface area contributed by atoms with Crippen molar-refractivity contribution in [1.29, 1.82) is 0 Å². The van der Waals surface area contributed by atoms with Crippen molar-refractivity contribution in [3.63, 3.8) is 0 Å². The molecule has 0 radical (unpaired) electrons. The smallest absolute Gasteiger partial charge is 0.354 e. The van der Waals surface area contributed by atoms with Gasteiger partial charge in [-0.25, -0.2) is 9.78 Å². The summed E-state index contributed by atoms with van der Waals surface area (Å²) >= 11 is 0. The number of aromatic nitrogens is 1. The average Bonchev–Trinajstić information content (AvgIpc) is 2.77. The van der Waals surface area contributed by atoms with E-state index in [1.54, 1.807) is 6.07 Å². The van der Waals surface area contributed by atoms with Crippen LogP contribution in [0, 0.1) is 0 Å². The molecular weight excluding hydrogens is 362 g/mol. The maximum absolute atomic E-state index is 11.1. The number of carbonyl (C=O) groups is 1. The van der Waals surface area contributed by atoms with Crippen LogP contribution in [-0.2, 0) is 6.54 Å². The topological polar surface area (TPSA) is 56.7 Å². The number of benzene rings is 2. The molecule has 1 aliphatic heterocycles. The highest BCUT2D eigenvalue weighted by molar-refractivity contribution is 5.85. The Morgan fingerprint density at radius 1 is 0.828 bits per heavy atom. The maximum atomic E-state index is 11.1. The van der Waals surface area contributed by atoms with Gasteiger partial charge in [0.05, 0.1) is 11.7 Å². The minimum Gasteiger partial charge on any atom is -0.477 e. The molecule has 1 N–H and O–H groups in total. The Morgan fingerprint density at radius 2 is 1.41 bits per heavy atom. The summed E-state index contributed by atoms with van der Waals surface area (Å²) in [6.45, 7) is 4.43. The lowest BCUT2D eigenvalue weighted by Gasteiger charge is -2.39. The second-order valence-corrected chi connectivity index (χ2v) is 7.36. The fourth-order valence-electron chi connectivity index (χ4n) is 3.98. The number of piperazine rings is 1. The van der Waals surface area contributed by atoms with Crippen LogP contribution < -0.4 is 0 Å². The Bertz CT molecular complexity index is 899. The minimum atomic E-state index is -0.981. The van der Waals surface area contributed by atoms with Crippen molar-refractivity contribution in [2.24, 2.45) is 0 Å². The first-order chi connectivity index (χ1) is 14.2. The molecule has 0 bridgehead atoms. The van der Waals surface area contributed by atoms with Gasteiger partial charge in [-0.1, -0.05) is 66.7 Å². The van der Waals surface area contributed by atoms with Crippen molar-refractivity contribution in [3.05, 3.63) is 101 Å². The van der Waals surface area contributed by atoms with Gasteiger partial charge >= 0.3 is 5.97 Å². The summed E-state index contributed by atoms with van der Waals surface area (Å²) in [6, 6.07) is 26.8. The number of aromatic carboxylic acids is 1. The van der Waals surface area contributed by atoms with Crippen LogP contribution in [0.15, 0.2) is 78.9 Å². The van der Waals surface area contributed by atoms with Crippen LogP contribution in [-0.4, -0.2) is 52.0 Å². The molecule has 1 fully saturated rings. The fraction of sp³-hybridized carbons (Fsp3) is 0.250. The molecule has 0 atom stereocenters. The Labute approximate surface area is 171 Å². The molecule has 29 heavy (non-hydrogen) atoms. The van der Waals surface area contributed by atoms with Gasteiger partial charge in [-0.15, -0.1) is 0 Å². The number of pyridine rings is 1. The highest BCUT2D eigenvalue weighted by atomic mass is 16.4. The number of hydrogen-bond donors (Lipinski definition) is 1. The Kier molecular flexibility index (Phi) is 5.98. The van der Waals surface area contributed by atoms with E-state index in [9.17, 15) is 4.79 Å². The SMILES string of the molecule is O=C(O)c1cccc(CN2CCN(C(c3ccccc3)c3ccccc3)CC2)n1. The third kappa shape index (κ3) is 4.70. The number of hydrogen-bond acceptors (Lipinski definition) is 4. The van der Waals surface area contributed by atoms with Crippen molar-refractivity contribution in [3.8, 4) is 0 Å². The monoisotopic (exact) mass is 387 g/mol. The summed E-state index contributed by atoms with van der Waals surface area (Å²) in [6.07, 6.45) is 0. The number of rotatable bonds is 6. The van der Waals surface area contributed by atoms with Gasteiger partial charge in [-0.3, -0.25) is 9.80 Å². The molecule has 0 amide bonds. The predicted octanol–water partition coefficient (Wildman–Crippen LogP) is 3.69. The van der Waals surface area contributed by atoms with Crippen LogP contribution in [0.4, 0.5) is 0 Å². The molecule has 0 saturated carbocycles. The zero-order valence-electron chi connectivity index (χ0n) is 16.3. The van der Waals surface area contributed by atoms with E-state index in [1.165, 1.54) is 17.2 Å². The van der Waals surface area contributed by atoms with Crippen molar-refractivity contribution >= 4 is 5.97 Å². The van der Waals surface area contributed by atoms with Crippen LogP contribution in [0.2, 0.25) is 0 Å². The molecule has 1 aliphatic rings. The Hall–Kier alpha value is -3.02. The van der Waals surface area contributed by atoms with Gasteiger partial charge in [0.15, 0.2) is 0 Å². The molecule has 5 heteroatoms. The molecular formula is C24H25N3O2. The quantitative estimate of drug-likeness (QED) is 0.699. The van der Waals surface area contributed by atoms with E-state index >= 15 is 0 Å². The Balaban J connectivity index is 1.46. The fourth-order valence-corrected chi connectivity index (χ4v) is 3.98. The van der Waals surface area contributed by atoms with E-state index in [4.69, 9.17) is 5.11 Å². The van der Waals surface area contributed by atoms with Gasteiger partial charge in [0, 0.05) is 32.7 Å². The summed E-state index contributed by atoms with van der Waals surface area (Å²) in [7, 11) is 0. The van der Waals surface area contributed by atoms with Crippen molar-refractivity contribution < 1.29 is 9.90 Å². The molecule has 0 unspecified atom stereocenters. The van der Waals surface area contributed by atoms with Crippen molar-refractivity contribution in [2.45, 2.75) is 12.6 Å². The van der Waals surface area contributed by atoms with E-state index in [0.29, 0.717) is 6.54 Å². The molecule has 1 aromatic heterocycles. The van der Waals surface area contributed by atoms with Crippen molar-refractivity contribution in [2.75, 3.05) is 26.2 Å². The first-order valence-corrected chi connectivity index (χ1v) is 9.96. The van der Waals surface area contributed by atoms with E-state index < -0.39 is 5.97 Å². The standard InChI is InChI=1S/C24H25N3O2/c28-24(29)22-13-7-12-21(25-22)18-26-14-16-27(17-15-26)23(19-8-3-1-4-9-19)20-10-5-2-6-11-20/h1-13,23H,14-18H2,(H,28,29). The average molecular weight is 387 g/mol. The van der Waals surface area contributed by atoms with Gasteiger partial charge in [-0.2, -0.15) is 0 Å². The molecule has 1 saturated heterocycles. The second kappa shape index (κ2) is 8.99. The van der Waals surface area contributed by atoms with E-state index in [1.807, 2.05) is 6.07 Å².